The van der Waals surface area contributed by atoms with Crippen LogP contribution in [0.4, 0.5) is 0 Å². The van der Waals surface area contributed by atoms with Crippen LogP contribution in [0.25, 0.3) is 0 Å². The number of likely N-dealkylation sites (tertiary alicyclic amines) is 1. The molecule has 1 saturated heterocycles. The van der Waals surface area contributed by atoms with Gasteiger partial charge in [-0.2, -0.15) is 0 Å². The van der Waals surface area contributed by atoms with E-state index in [0.29, 0.717) is 6.42 Å². The molecule has 0 aromatic heterocycles. The first-order chi connectivity index (χ1) is 8.32. The second-order valence-corrected chi connectivity index (χ2v) is 5.04. The number of carbonyl (C=O) groups is 3. The summed E-state index contributed by atoms with van der Waals surface area (Å²) in [5, 5.41) is 2.59. The van der Waals surface area contributed by atoms with E-state index in [0.717, 1.165) is 0 Å². The van der Waals surface area contributed by atoms with Crippen molar-refractivity contribution < 1.29 is 14.4 Å². The van der Waals surface area contributed by atoms with Crippen LogP contribution in [0.1, 0.15) is 40.0 Å². The second kappa shape index (κ2) is 7.45. The summed E-state index contributed by atoms with van der Waals surface area (Å²) in [6.07, 6.45) is 0.896. The van der Waals surface area contributed by atoms with Crippen molar-refractivity contribution in [2.75, 3.05) is 0 Å². The molecule has 19 heavy (non-hydrogen) atoms. The van der Waals surface area contributed by atoms with E-state index in [1.54, 1.807) is 13.8 Å². The number of imide groups is 1. The summed E-state index contributed by atoms with van der Waals surface area (Å²) >= 11 is 0. The highest BCUT2D eigenvalue weighted by atomic mass is 35.5. The Morgan fingerprint density at radius 1 is 1.42 bits per heavy atom. The Balaban J connectivity index is 0.00000324. The highest BCUT2D eigenvalue weighted by Gasteiger charge is 2.40. The van der Waals surface area contributed by atoms with E-state index in [-0.39, 0.29) is 55.1 Å². The number of rotatable bonds is 5. The molecule has 2 atom stereocenters. The maximum Gasteiger partial charge on any atom is 0.252 e. The highest BCUT2D eigenvalue weighted by Crippen LogP contribution is 2.16. The summed E-state index contributed by atoms with van der Waals surface area (Å²) in [4.78, 5) is 36.3. The highest BCUT2D eigenvalue weighted by molar-refractivity contribution is 6.07. The van der Waals surface area contributed by atoms with Crippen molar-refractivity contribution in [3.8, 4) is 0 Å². The molecule has 0 aromatic carbocycles. The lowest BCUT2D eigenvalue weighted by Crippen LogP contribution is -2.44. The molecule has 0 bridgehead atoms. The molecular weight excluding hydrogens is 270 g/mol. The fourth-order valence-electron chi connectivity index (χ4n) is 1.93. The Bertz CT molecular complexity index is 358. The maximum atomic E-state index is 11.9. The van der Waals surface area contributed by atoms with E-state index in [1.165, 1.54) is 4.90 Å². The van der Waals surface area contributed by atoms with Crippen molar-refractivity contribution >= 4 is 30.1 Å². The van der Waals surface area contributed by atoms with Crippen LogP contribution in [0.15, 0.2) is 0 Å². The minimum absolute atomic E-state index is 0. The van der Waals surface area contributed by atoms with Gasteiger partial charge in [0.15, 0.2) is 0 Å². The van der Waals surface area contributed by atoms with Gasteiger partial charge in [-0.1, -0.05) is 0 Å². The summed E-state index contributed by atoms with van der Waals surface area (Å²) in [5.41, 5.74) is 5.55. The third-order valence-corrected chi connectivity index (χ3v) is 2.86. The SMILES string of the molecule is CC(N)CCC(=O)NC1CC(=O)N(C(C)C)C1=O.Cl. The first kappa shape index (κ1) is 17.9. The molecule has 3 N–H and O–H groups in total. The summed E-state index contributed by atoms with van der Waals surface area (Å²) in [5.74, 6) is -0.777. The van der Waals surface area contributed by atoms with E-state index < -0.39 is 6.04 Å². The second-order valence-electron chi connectivity index (χ2n) is 5.04. The summed E-state index contributed by atoms with van der Waals surface area (Å²) in [6.45, 7) is 5.37. The van der Waals surface area contributed by atoms with Crippen molar-refractivity contribution in [2.24, 2.45) is 5.73 Å². The third-order valence-electron chi connectivity index (χ3n) is 2.86. The quantitative estimate of drug-likeness (QED) is 0.707. The number of nitrogens with one attached hydrogen (secondary N) is 1. The minimum Gasteiger partial charge on any atom is -0.344 e. The van der Waals surface area contributed by atoms with Crippen LogP contribution in [0.5, 0.6) is 0 Å². The van der Waals surface area contributed by atoms with Crippen LogP contribution in [0.2, 0.25) is 0 Å². The molecule has 0 spiro atoms. The molecule has 6 nitrogen and oxygen atoms in total. The molecule has 110 valence electrons. The number of nitrogens with two attached hydrogens (primary N) is 1. The van der Waals surface area contributed by atoms with Crippen molar-refractivity contribution in [1.82, 2.24) is 10.2 Å². The summed E-state index contributed by atoms with van der Waals surface area (Å²) in [6, 6.07) is -0.930. The van der Waals surface area contributed by atoms with Gasteiger partial charge in [0.05, 0.1) is 6.42 Å². The van der Waals surface area contributed by atoms with Gasteiger partial charge in [0.2, 0.25) is 11.8 Å². The Morgan fingerprint density at radius 2 is 2.00 bits per heavy atom. The summed E-state index contributed by atoms with van der Waals surface area (Å²) in [7, 11) is 0. The average Bonchev–Trinajstić information content (AvgIpc) is 2.51. The Hall–Kier alpha value is -1.14. The molecule has 0 radical (unpaired) electrons. The van der Waals surface area contributed by atoms with Gasteiger partial charge in [0.1, 0.15) is 6.04 Å². The number of hydrogen-bond acceptors (Lipinski definition) is 4. The predicted octanol–water partition coefficient (Wildman–Crippen LogP) is 0.188. The van der Waals surface area contributed by atoms with E-state index in [2.05, 4.69) is 5.32 Å². The van der Waals surface area contributed by atoms with Gasteiger partial charge in [-0.05, 0) is 27.2 Å². The molecule has 0 saturated carbocycles. The van der Waals surface area contributed by atoms with Crippen LogP contribution in [0, 0.1) is 0 Å². The normalized spacial score (nSPS) is 20.5. The first-order valence-electron chi connectivity index (χ1n) is 6.23. The van der Waals surface area contributed by atoms with Crippen LogP contribution in [-0.2, 0) is 14.4 Å². The van der Waals surface area contributed by atoms with Gasteiger partial charge in [0.25, 0.3) is 5.91 Å². The topological polar surface area (TPSA) is 92.5 Å². The largest absolute Gasteiger partial charge is 0.344 e. The van der Waals surface area contributed by atoms with Crippen molar-refractivity contribution in [1.29, 1.82) is 0 Å². The van der Waals surface area contributed by atoms with Crippen LogP contribution >= 0.6 is 12.4 Å². The fourth-order valence-corrected chi connectivity index (χ4v) is 1.93. The van der Waals surface area contributed by atoms with Gasteiger partial charge in [-0.25, -0.2) is 0 Å². The van der Waals surface area contributed by atoms with Gasteiger partial charge in [-0.15, -0.1) is 12.4 Å². The molecule has 0 aliphatic carbocycles. The molecule has 0 aromatic rings. The average molecular weight is 292 g/mol. The monoisotopic (exact) mass is 291 g/mol. The van der Waals surface area contributed by atoms with E-state index >= 15 is 0 Å². The third kappa shape index (κ3) is 4.80. The van der Waals surface area contributed by atoms with Crippen LogP contribution in [-0.4, -0.2) is 40.7 Å². The van der Waals surface area contributed by atoms with E-state index in [1.807, 2.05) is 6.92 Å². The maximum absolute atomic E-state index is 11.9. The molecule has 7 heteroatoms. The van der Waals surface area contributed by atoms with Crippen molar-refractivity contribution in [2.45, 2.75) is 58.2 Å². The number of amides is 3. The zero-order valence-electron chi connectivity index (χ0n) is 11.5. The van der Waals surface area contributed by atoms with E-state index in [9.17, 15) is 14.4 Å². The molecule has 1 aliphatic rings. The van der Waals surface area contributed by atoms with Crippen LogP contribution < -0.4 is 11.1 Å². The fraction of sp³-hybridized carbons (Fsp3) is 0.750. The molecule has 1 rings (SSSR count). The zero-order chi connectivity index (χ0) is 13.9. The van der Waals surface area contributed by atoms with Crippen LogP contribution in [0.3, 0.4) is 0 Å². The van der Waals surface area contributed by atoms with E-state index in [4.69, 9.17) is 5.73 Å². The molecular formula is C12H22ClN3O3. The number of hydrogen-bond donors (Lipinski definition) is 2. The lowest BCUT2D eigenvalue weighted by molar-refractivity contribution is -0.141. The smallest absolute Gasteiger partial charge is 0.252 e. The Labute approximate surface area is 119 Å². The summed E-state index contributed by atoms with van der Waals surface area (Å²) < 4.78 is 0. The van der Waals surface area contributed by atoms with Crippen molar-refractivity contribution in [3.63, 3.8) is 0 Å². The molecule has 3 amide bonds. The predicted molar refractivity (Wildman–Crippen MR) is 73.7 cm³/mol. The Kier molecular flexibility index (Phi) is 7.00. The van der Waals surface area contributed by atoms with Gasteiger partial charge in [0, 0.05) is 18.5 Å². The number of carbonyl (C=O) groups excluding carboxylic acids is 3. The lowest BCUT2D eigenvalue weighted by Gasteiger charge is -2.19. The number of nitrogens with zero attached hydrogens (tertiary/aromatic N) is 1. The van der Waals surface area contributed by atoms with Gasteiger partial charge in [-0.3, -0.25) is 19.3 Å². The molecule has 1 fully saturated rings. The van der Waals surface area contributed by atoms with Gasteiger partial charge < -0.3 is 11.1 Å². The first-order valence-corrected chi connectivity index (χ1v) is 6.23. The minimum atomic E-state index is -0.708. The molecule has 1 heterocycles. The number of halogens is 1. The lowest BCUT2D eigenvalue weighted by atomic mass is 10.1. The zero-order valence-corrected chi connectivity index (χ0v) is 12.3. The Morgan fingerprint density at radius 3 is 2.42 bits per heavy atom. The standard InChI is InChI=1S/C12H21N3O3.ClH/c1-7(2)15-11(17)6-9(12(15)18)14-10(16)5-4-8(3)13;/h7-9H,4-6,13H2,1-3H3,(H,14,16);1H. The van der Waals surface area contributed by atoms with Crippen molar-refractivity contribution in [3.05, 3.63) is 0 Å². The molecule has 1 aliphatic heterocycles. The molecule has 2 unspecified atom stereocenters. The van der Waals surface area contributed by atoms with Gasteiger partial charge >= 0.3 is 0 Å².